The fraction of sp³-hybridized carbons (Fsp3) is 0.700. The molecule has 1 aromatic rings. The van der Waals surface area contributed by atoms with Gasteiger partial charge in [-0.2, -0.15) is 0 Å². The van der Waals surface area contributed by atoms with E-state index in [9.17, 15) is 19.5 Å². The van der Waals surface area contributed by atoms with Gasteiger partial charge in [0.15, 0.2) is 5.75 Å². The number of aliphatic hydroxyl groups is 1. The molecule has 1 heterocycles. The molecule has 2 fully saturated rings. The van der Waals surface area contributed by atoms with Crippen molar-refractivity contribution in [3.8, 4) is 5.75 Å². The molecular formula is C30H46N4O5. The fourth-order valence-electron chi connectivity index (χ4n) is 6.04. The Balaban J connectivity index is 1.59. The summed E-state index contributed by atoms with van der Waals surface area (Å²) in [6, 6.07) is 4.91. The zero-order valence-corrected chi connectivity index (χ0v) is 23.8. The number of para-hydroxylation sites is 1. The number of carbonyl (C=O) groups is 3. The first-order valence-corrected chi connectivity index (χ1v) is 14.8. The first-order chi connectivity index (χ1) is 18.8. The number of benzene rings is 1. The first kappa shape index (κ1) is 29.2. The number of urea groups is 1. The molecule has 3 atom stereocenters. The average Bonchev–Trinajstić information content (AvgIpc) is 2.95. The van der Waals surface area contributed by atoms with Gasteiger partial charge in [-0.15, -0.1) is 0 Å². The van der Waals surface area contributed by atoms with E-state index in [-0.39, 0.29) is 48.4 Å². The Hall–Kier alpha value is -2.81. The largest absolute Gasteiger partial charge is 0.485 e. The number of fused-ring (bicyclic) bond motifs is 1. The van der Waals surface area contributed by atoms with E-state index in [4.69, 9.17) is 4.74 Å². The summed E-state index contributed by atoms with van der Waals surface area (Å²) in [6.07, 6.45) is 10.0. The molecule has 216 valence electrons. The molecule has 0 radical (unpaired) electrons. The highest BCUT2D eigenvalue weighted by atomic mass is 16.5. The van der Waals surface area contributed by atoms with Gasteiger partial charge in [-0.1, -0.05) is 51.5 Å². The van der Waals surface area contributed by atoms with E-state index in [0.29, 0.717) is 30.1 Å². The highest BCUT2D eigenvalue weighted by molar-refractivity contribution is 6.02. The van der Waals surface area contributed by atoms with Crippen molar-refractivity contribution in [3.63, 3.8) is 0 Å². The van der Waals surface area contributed by atoms with Crippen LogP contribution in [0, 0.1) is 11.8 Å². The monoisotopic (exact) mass is 542 g/mol. The smallest absolute Gasteiger partial charge is 0.317 e. The maximum absolute atomic E-state index is 13.7. The second kappa shape index (κ2) is 13.5. The maximum atomic E-state index is 13.7. The second-order valence-corrected chi connectivity index (χ2v) is 11.8. The van der Waals surface area contributed by atoms with E-state index in [1.54, 1.807) is 35.0 Å². The Morgan fingerprint density at radius 3 is 2.44 bits per heavy atom. The first-order valence-electron chi connectivity index (χ1n) is 14.8. The Bertz CT molecular complexity index is 1010. The molecule has 0 unspecified atom stereocenters. The standard InChI is InChI=1S/C30H46N4O5/c1-20-17-34(21(2)19-35)29(37)24-15-10-16-25(32-28(36)22-11-6-4-7-12-22)27(24)39-26(20)18-33(3)30(38)31-23-13-8-5-9-14-23/h10,15-16,20-23,26,35H,4-9,11-14,17-19H2,1-3H3,(H,31,38)(H,32,36)/t20-,21-,26-/m1/s1. The van der Waals surface area contributed by atoms with Gasteiger partial charge >= 0.3 is 6.03 Å². The zero-order valence-electron chi connectivity index (χ0n) is 23.8. The number of amides is 4. The van der Waals surface area contributed by atoms with Gasteiger partial charge in [-0.25, -0.2) is 4.79 Å². The Morgan fingerprint density at radius 1 is 1.10 bits per heavy atom. The molecule has 4 amide bonds. The minimum absolute atomic E-state index is 0.0460. The predicted molar refractivity (Wildman–Crippen MR) is 151 cm³/mol. The summed E-state index contributed by atoms with van der Waals surface area (Å²) in [4.78, 5) is 43.2. The number of hydrogen-bond donors (Lipinski definition) is 3. The summed E-state index contributed by atoms with van der Waals surface area (Å²) in [6.45, 7) is 4.35. The molecule has 1 aromatic carbocycles. The van der Waals surface area contributed by atoms with E-state index in [2.05, 4.69) is 10.6 Å². The van der Waals surface area contributed by atoms with Crippen LogP contribution in [0.1, 0.15) is 88.4 Å². The van der Waals surface area contributed by atoms with Crippen LogP contribution in [0.2, 0.25) is 0 Å². The number of likely N-dealkylation sites (N-methyl/N-ethyl adjacent to an activating group) is 1. The van der Waals surface area contributed by atoms with E-state index in [1.165, 1.54) is 6.42 Å². The molecule has 9 nitrogen and oxygen atoms in total. The summed E-state index contributed by atoms with van der Waals surface area (Å²) >= 11 is 0. The van der Waals surface area contributed by atoms with Crippen LogP contribution >= 0.6 is 0 Å². The summed E-state index contributed by atoms with van der Waals surface area (Å²) in [7, 11) is 1.77. The van der Waals surface area contributed by atoms with E-state index < -0.39 is 6.10 Å². The molecule has 3 aliphatic rings. The van der Waals surface area contributed by atoms with Crippen LogP contribution in [-0.2, 0) is 4.79 Å². The molecule has 3 N–H and O–H groups in total. The van der Waals surface area contributed by atoms with Gasteiger partial charge in [0.1, 0.15) is 6.10 Å². The molecule has 2 aliphatic carbocycles. The van der Waals surface area contributed by atoms with Crippen molar-refractivity contribution in [3.05, 3.63) is 23.8 Å². The van der Waals surface area contributed by atoms with Crippen molar-refractivity contribution in [2.45, 2.75) is 96.2 Å². The van der Waals surface area contributed by atoms with Gasteiger partial charge < -0.3 is 30.3 Å². The van der Waals surface area contributed by atoms with Crippen LogP contribution < -0.4 is 15.4 Å². The maximum Gasteiger partial charge on any atom is 0.317 e. The molecule has 0 saturated heterocycles. The lowest BCUT2D eigenvalue weighted by atomic mass is 9.88. The number of nitrogens with one attached hydrogen (secondary N) is 2. The van der Waals surface area contributed by atoms with Gasteiger partial charge in [0, 0.05) is 31.5 Å². The summed E-state index contributed by atoms with van der Waals surface area (Å²) in [5, 5.41) is 16.1. The van der Waals surface area contributed by atoms with E-state index in [1.807, 2.05) is 13.8 Å². The zero-order chi connectivity index (χ0) is 27.9. The SMILES string of the molecule is C[C@@H]1CN([C@H](C)CO)C(=O)c2cccc(NC(=O)C3CCCCC3)c2O[C@@H]1CN(C)C(=O)NC1CCCCC1. The Labute approximate surface area is 232 Å². The molecule has 0 spiro atoms. The number of hydrogen-bond acceptors (Lipinski definition) is 5. The topological polar surface area (TPSA) is 111 Å². The molecule has 9 heteroatoms. The summed E-state index contributed by atoms with van der Waals surface area (Å²) in [5.74, 6) is -0.138. The van der Waals surface area contributed by atoms with Crippen molar-refractivity contribution >= 4 is 23.5 Å². The van der Waals surface area contributed by atoms with Crippen LogP contribution in [0.15, 0.2) is 18.2 Å². The fourth-order valence-corrected chi connectivity index (χ4v) is 6.04. The Kier molecular flexibility index (Phi) is 10.1. The Morgan fingerprint density at radius 2 is 1.77 bits per heavy atom. The van der Waals surface area contributed by atoms with Gasteiger partial charge in [0.05, 0.1) is 30.4 Å². The van der Waals surface area contributed by atoms with Gasteiger partial charge in [-0.05, 0) is 44.7 Å². The van der Waals surface area contributed by atoms with Crippen LogP contribution in [0.4, 0.5) is 10.5 Å². The number of nitrogens with zero attached hydrogens (tertiary/aromatic N) is 2. The lowest BCUT2D eigenvalue weighted by molar-refractivity contribution is -0.120. The van der Waals surface area contributed by atoms with E-state index >= 15 is 0 Å². The van der Waals surface area contributed by atoms with Gasteiger partial charge in [0.2, 0.25) is 5.91 Å². The van der Waals surface area contributed by atoms with Crippen LogP contribution in [0.3, 0.4) is 0 Å². The third kappa shape index (κ3) is 7.24. The molecule has 39 heavy (non-hydrogen) atoms. The quantitative estimate of drug-likeness (QED) is 0.473. The van der Waals surface area contributed by atoms with Gasteiger partial charge in [-0.3, -0.25) is 9.59 Å². The molecular weight excluding hydrogens is 496 g/mol. The van der Waals surface area contributed by atoms with E-state index in [0.717, 1.165) is 57.8 Å². The summed E-state index contributed by atoms with van der Waals surface area (Å²) < 4.78 is 6.57. The van der Waals surface area contributed by atoms with Crippen LogP contribution in [-0.4, -0.2) is 77.7 Å². The van der Waals surface area contributed by atoms with Crippen molar-refractivity contribution in [2.24, 2.45) is 11.8 Å². The molecule has 0 bridgehead atoms. The number of aliphatic hydroxyl groups excluding tert-OH is 1. The molecule has 0 aromatic heterocycles. The second-order valence-electron chi connectivity index (χ2n) is 11.8. The van der Waals surface area contributed by atoms with Crippen molar-refractivity contribution in [1.82, 2.24) is 15.1 Å². The lowest BCUT2D eigenvalue weighted by Crippen LogP contribution is -2.52. The normalized spacial score (nSPS) is 23.6. The van der Waals surface area contributed by atoms with Crippen LogP contribution in [0.25, 0.3) is 0 Å². The highest BCUT2D eigenvalue weighted by Gasteiger charge is 2.35. The number of anilines is 1. The molecule has 1 aliphatic heterocycles. The minimum atomic E-state index is -0.430. The van der Waals surface area contributed by atoms with Crippen molar-refractivity contribution < 1.29 is 24.2 Å². The predicted octanol–water partition coefficient (Wildman–Crippen LogP) is 4.40. The minimum Gasteiger partial charge on any atom is -0.485 e. The average molecular weight is 543 g/mol. The lowest BCUT2D eigenvalue weighted by Gasteiger charge is -2.38. The number of ether oxygens (including phenoxy) is 1. The number of rotatable bonds is 7. The third-order valence-electron chi connectivity index (χ3n) is 8.66. The third-order valence-corrected chi connectivity index (χ3v) is 8.66. The number of carbonyl (C=O) groups excluding carboxylic acids is 3. The van der Waals surface area contributed by atoms with Crippen molar-refractivity contribution in [1.29, 1.82) is 0 Å². The molecule has 4 rings (SSSR count). The van der Waals surface area contributed by atoms with Crippen LogP contribution in [0.5, 0.6) is 5.75 Å². The van der Waals surface area contributed by atoms with Crippen molar-refractivity contribution in [2.75, 3.05) is 32.1 Å². The van der Waals surface area contributed by atoms with Gasteiger partial charge in [0.25, 0.3) is 5.91 Å². The highest BCUT2D eigenvalue weighted by Crippen LogP contribution is 2.36. The molecule has 2 saturated carbocycles. The summed E-state index contributed by atoms with van der Waals surface area (Å²) in [5.41, 5.74) is 0.824.